The minimum atomic E-state index is -0.564. The fourth-order valence-electron chi connectivity index (χ4n) is 1.98. The molecule has 0 saturated heterocycles. The van der Waals surface area contributed by atoms with Gasteiger partial charge in [0.1, 0.15) is 0 Å². The Morgan fingerprint density at radius 2 is 1.81 bits per heavy atom. The molecule has 2 aromatic carbocycles. The number of hydrogen-bond donors (Lipinski definition) is 1. The summed E-state index contributed by atoms with van der Waals surface area (Å²) in [6, 6.07) is 14.2. The molecule has 0 unspecified atom stereocenters. The van der Waals surface area contributed by atoms with Gasteiger partial charge in [0.2, 0.25) is 5.91 Å². The standard InChI is InChI=1S/C16H15ClN2O2/c1-11-7-8-13(9-14(11)15(18)20)16(21)19(17)10-12-5-3-2-4-6-12/h2-9H,10H2,1H3,(H2,18,20). The van der Waals surface area contributed by atoms with E-state index < -0.39 is 5.91 Å². The van der Waals surface area contributed by atoms with Gasteiger partial charge in [-0.2, -0.15) is 0 Å². The Labute approximate surface area is 128 Å². The number of carbonyl (C=O) groups is 2. The molecule has 108 valence electrons. The Hall–Kier alpha value is -2.33. The number of carbonyl (C=O) groups excluding carboxylic acids is 2. The van der Waals surface area contributed by atoms with Gasteiger partial charge in [-0.25, -0.2) is 4.42 Å². The molecule has 0 radical (unpaired) electrons. The summed E-state index contributed by atoms with van der Waals surface area (Å²) in [6.07, 6.45) is 0. The molecule has 0 aliphatic carbocycles. The fraction of sp³-hybridized carbons (Fsp3) is 0.125. The monoisotopic (exact) mass is 302 g/mol. The van der Waals surface area contributed by atoms with Crippen molar-refractivity contribution in [3.05, 3.63) is 70.8 Å². The van der Waals surface area contributed by atoms with Gasteiger partial charge in [-0.1, -0.05) is 36.4 Å². The zero-order chi connectivity index (χ0) is 15.4. The van der Waals surface area contributed by atoms with E-state index in [1.807, 2.05) is 30.3 Å². The van der Waals surface area contributed by atoms with Crippen molar-refractivity contribution in [2.75, 3.05) is 0 Å². The smallest absolute Gasteiger partial charge is 0.268 e. The summed E-state index contributed by atoms with van der Waals surface area (Å²) in [5, 5.41) is 0. The van der Waals surface area contributed by atoms with E-state index in [2.05, 4.69) is 0 Å². The second-order valence-electron chi connectivity index (χ2n) is 4.70. The maximum Gasteiger partial charge on any atom is 0.268 e. The molecule has 0 spiro atoms. The van der Waals surface area contributed by atoms with E-state index in [1.165, 1.54) is 6.07 Å². The molecular formula is C16H15ClN2O2. The predicted molar refractivity (Wildman–Crippen MR) is 81.9 cm³/mol. The lowest BCUT2D eigenvalue weighted by molar-refractivity contribution is 0.0857. The van der Waals surface area contributed by atoms with Crippen molar-refractivity contribution >= 4 is 23.6 Å². The number of primary amides is 1. The topological polar surface area (TPSA) is 63.4 Å². The summed E-state index contributed by atoms with van der Waals surface area (Å²) in [7, 11) is 0. The molecule has 0 bridgehead atoms. The van der Waals surface area contributed by atoms with Gasteiger partial charge < -0.3 is 5.73 Å². The number of benzene rings is 2. The Balaban J connectivity index is 2.20. The van der Waals surface area contributed by atoms with Gasteiger partial charge in [0.25, 0.3) is 5.91 Å². The van der Waals surface area contributed by atoms with E-state index >= 15 is 0 Å². The van der Waals surface area contributed by atoms with E-state index in [-0.39, 0.29) is 12.5 Å². The molecule has 2 N–H and O–H groups in total. The Bertz CT molecular complexity index is 671. The Kier molecular flexibility index (Phi) is 4.60. The molecule has 0 aliphatic rings. The third-order valence-electron chi connectivity index (χ3n) is 3.13. The van der Waals surface area contributed by atoms with Gasteiger partial charge in [-0.3, -0.25) is 9.59 Å². The van der Waals surface area contributed by atoms with Crippen molar-refractivity contribution in [2.45, 2.75) is 13.5 Å². The summed E-state index contributed by atoms with van der Waals surface area (Å²) in [5.41, 5.74) is 7.59. The van der Waals surface area contributed by atoms with Crippen LogP contribution in [0.2, 0.25) is 0 Å². The van der Waals surface area contributed by atoms with Crippen molar-refractivity contribution in [3.8, 4) is 0 Å². The lowest BCUT2D eigenvalue weighted by Gasteiger charge is -2.15. The van der Waals surface area contributed by atoms with Crippen LogP contribution in [-0.4, -0.2) is 16.2 Å². The van der Waals surface area contributed by atoms with Gasteiger partial charge in [0.15, 0.2) is 0 Å². The average molecular weight is 303 g/mol. The summed E-state index contributed by atoms with van der Waals surface area (Å²) >= 11 is 6.04. The van der Waals surface area contributed by atoms with Gasteiger partial charge in [0, 0.05) is 22.9 Å². The maximum absolute atomic E-state index is 12.3. The molecule has 0 fully saturated rings. The molecule has 5 heteroatoms. The zero-order valence-electron chi connectivity index (χ0n) is 11.5. The fourth-order valence-corrected chi connectivity index (χ4v) is 2.21. The molecule has 2 rings (SSSR count). The van der Waals surface area contributed by atoms with E-state index in [1.54, 1.807) is 19.1 Å². The van der Waals surface area contributed by atoms with Gasteiger partial charge in [-0.05, 0) is 30.2 Å². The highest BCUT2D eigenvalue weighted by atomic mass is 35.5. The maximum atomic E-state index is 12.3. The van der Waals surface area contributed by atoms with Crippen LogP contribution in [0.3, 0.4) is 0 Å². The number of amides is 2. The van der Waals surface area contributed by atoms with Crippen LogP contribution in [0, 0.1) is 6.92 Å². The summed E-state index contributed by atoms with van der Waals surface area (Å²) in [5.74, 6) is -0.936. The van der Waals surface area contributed by atoms with Crippen LogP contribution < -0.4 is 5.73 Å². The lowest BCUT2D eigenvalue weighted by Crippen LogP contribution is -2.22. The first-order valence-electron chi connectivity index (χ1n) is 6.41. The minimum Gasteiger partial charge on any atom is -0.366 e. The van der Waals surface area contributed by atoms with E-state index in [0.29, 0.717) is 11.1 Å². The third kappa shape index (κ3) is 3.61. The second kappa shape index (κ2) is 6.41. The van der Waals surface area contributed by atoms with Crippen molar-refractivity contribution < 1.29 is 9.59 Å². The number of nitrogens with zero attached hydrogens (tertiary/aromatic N) is 1. The molecule has 21 heavy (non-hydrogen) atoms. The van der Waals surface area contributed by atoms with Crippen LogP contribution in [0.1, 0.15) is 31.8 Å². The molecule has 0 saturated carbocycles. The number of halogens is 1. The molecule has 2 aromatic rings. The van der Waals surface area contributed by atoms with Gasteiger partial charge in [0.05, 0.1) is 6.54 Å². The highest BCUT2D eigenvalue weighted by molar-refractivity contribution is 6.24. The minimum absolute atomic E-state index is 0.279. The summed E-state index contributed by atoms with van der Waals surface area (Å²) in [6.45, 7) is 2.04. The second-order valence-corrected chi connectivity index (χ2v) is 5.11. The van der Waals surface area contributed by atoms with Crippen molar-refractivity contribution in [1.82, 2.24) is 4.42 Å². The van der Waals surface area contributed by atoms with Crippen LogP contribution >= 0.6 is 11.8 Å². The first kappa shape index (κ1) is 15.1. The third-order valence-corrected chi connectivity index (χ3v) is 3.41. The highest BCUT2D eigenvalue weighted by Crippen LogP contribution is 2.16. The van der Waals surface area contributed by atoms with E-state index in [9.17, 15) is 9.59 Å². The predicted octanol–water partition coefficient (Wildman–Crippen LogP) is 2.89. The number of aryl methyl sites for hydroxylation is 1. The molecule has 4 nitrogen and oxygen atoms in total. The largest absolute Gasteiger partial charge is 0.366 e. The van der Waals surface area contributed by atoms with Crippen LogP contribution in [0.4, 0.5) is 0 Å². The van der Waals surface area contributed by atoms with Gasteiger partial charge >= 0.3 is 0 Å². The van der Waals surface area contributed by atoms with Crippen molar-refractivity contribution in [3.63, 3.8) is 0 Å². The first-order chi connectivity index (χ1) is 9.99. The molecular weight excluding hydrogens is 288 g/mol. The molecule has 0 heterocycles. The zero-order valence-corrected chi connectivity index (χ0v) is 12.3. The molecule has 0 aliphatic heterocycles. The quantitative estimate of drug-likeness (QED) is 0.883. The number of nitrogens with two attached hydrogens (primary N) is 1. The van der Waals surface area contributed by atoms with Crippen molar-refractivity contribution in [2.24, 2.45) is 5.73 Å². The Morgan fingerprint density at radius 3 is 2.43 bits per heavy atom. The van der Waals surface area contributed by atoms with E-state index in [0.717, 1.165) is 15.5 Å². The SMILES string of the molecule is Cc1ccc(C(=O)N(Cl)Cc2ccccc2)cc1C(N)=O. The van der Waals surface area contributed by atoms with Crippen LogP contribution in [0.15, 0.2) is 48.5 Å². The number of rotatable bonds is 4. The van der Waals surface area contributed by atoms with Crippen molar-refractivity contribution in [1.29, 1.82) is 0 Å². The van der Waals surface area contributed by atoms with Crippen LogP contribution in [0.5, 0.6) is 0 Å². The van der Waals surface area contributed by atoms with Gasteiger partial charge in [-0.15, -0.1) is 0 Å². The van der Waals surface area contributed by atoms with E-state index in [4.69, 9.17) is 17.5 Å². The number of hydrogen-bond acceptors (Lipinski definition) is 2. The highest BCUT2D eigenvalue weighted by Gasteiger charge is 2.16. The van der Waals surface area contributed by atoms with Crippen LogP contribution in [0.25, 0.3) is 0 Å². The van der Waals surface area contributed by atoms with Crippen LogP contribution in [-0.2, 0) is 6.54 Å². The summed E-state index contributed by atoms with van der Waals surface area (Å²) < 4.78 is 1.09. The molecule has 0 atom stereocenters. The summed E-state index contributed by atoms with van der Waals surface area (Å²) in [4.78, 5) is 23.6. The first-order valence-corrected chi connectivity index (χ1v) is 6.75. The Morgan fingerprint density at radius 1 is 1.14 bits per heavy atom. The average Bonchev–Trinajstić information content (AvgIpc) is 2.47. The normalized spacial score (nSPS) is 10.2. The molecule has 2 amide bonds. The lowest BCUT2D eigenvalue weighted by atomic mass is 10.0. The molecule has 0 aromatic heterocycles.